The Labute approximate surface area is 183 Å². The monoisotopic (exact) mass is 419 g/mol. The smallest absolute Gasteiger partial charge is 0.162 e. The molecule has 1 heterocycles. The van der Waals surface area contributed by atoms with Crippen LogP contribution in [0.4, 0.5) is 0 Å². The standard InChI is InChI=1S/C26H29NO4/c1-26(2,3)16-8-10-17(11-9-16)27-20-14-24(30-6)22(28-4)12-18(20)19-13-23(29-5)25(31-7)15-21(19)27/h8-15H,1-7H3. The molecule has 0 fully saturated rings. The fourth-order valence-corrected chi connectivity index (χ4v) is 4.06. The van der Waals surface area contributed by atoms with Gasteiger partial charge in [-0.15, -0.1) is 0 Å². The minimum Gasteiger partial charge on any atom is -0.493 e. The lowest BCUT2D eigenvalue weighted by molar-refractivity contribution is 0.355. The van der Waals surface area contributed by atoms with Crippen LogP contribution in [0.1, 0.15) is 26.3 Å². The Morgan fingerprint density at radius 1 is 0.581 bits per heavy atom. The highest BCUT2D eigenvalue weighted by molar-refractivity contribution is 6.11. The average Bonchev–Trinajstić information content (AvgIpc) is 3.08. The molecule has 5 heteroatoms. The fraction of sp³-hybridized carbons (Fsp3) is 0.308. The van der Waals surface area contributed by atoms with E-state index in [1.807, 2.05) is 24.3 Å². The summed E-state index contributed by atoms with van der Waals surface area (Å²) in [6.07, 6.45) is 0. The molecule has 0 aliphatic heterocycles. The van der Waals surface area contributed by atoms with Gasteiger partial charge in [0.2, 0.25) is 0 Å². The molecule has 0 unspecified atom stereocenters. The van der Waals surface area contributed by atoms with E-state index >= 15 is 0 Å². The van der Waals surface area contributed by atoms with Gasteiger partial charge in [-0.05, 0) is 35.2 Å². The highest BCUT2D eigenvalue weighted by Gasteiger charge is 2.20. The summed E-state index contributed by atoms with van der Waals surface area (Å²) in [5.74, 6) is 2.74. The number of nitrogens with zero attached hydrogens (tertiary/aromatic N) is 1. The van der Waals surface area contributed by atoms with Crippen molar-refractivity contribution in [2.45, 2.75) is 26.2 Å². The number of rotatable bonds is 5. The van der Waals surface area contributed by atoms with E-state index in [1.54, 1.807) is 28.4 Å². The van der Waals surface area contributed by atoms with Gasteiger partial charge in [0.1, 0.15) is 0 Å². The third-order valence-corrected chi connectivity index (χ3v) is 5.77. The molecule has 31 heavy (non-hydrogen) atoms. The molecule has 0 N–H and O–H groups in total. The summed E-state index contributed by atoms with van der Waals surface area (Å²) in [4.78, 5) is 0. The van der Waals surface area contributed by atoms with E-state index in [0.717, 1.165) is 27.5 Å². The van der Waals surface area contributed by atoms with Crippen LogP contribution < -0.4 is 18.9 Å². The van der Waals surface area contributed by atoms with E-state index in [-0.39, 0.29) is 5.41 Å². The van der Waals surface area contributed by atoms with Crippen molar-refractivity contribution in [3.8, 4) is 28.7 Å². The van der Waals surface area contributed by atoms with Crippen molar-refractivity contribution in [3.05, 3.63) is 54.1 Å². The second-order valence-corrected chi connectivity index (χ2v) is 8.58. The zero-order chi connectivity index (χ0) is 22.3. The summed E-state index contributed by atoms with van der Waals surface area (Å²) in [7, 11) is 6.61. The topological polar surface area (TPSA) is 41.9 Å². The molecule has 0 spiro atoms. The van der Waals surface area contributed by atoms with Crippen molar-refractivity contribution in [1.29, 1.82) is 0 Å². The number of benzene rings is 3. The van der Waals surface area contributed by atoms with Gasteiger partial charge in [-0.1, -0.05) is 32.9 Å². The molecule has 0 radical (unpaired) electrons. The number of hydrogen-bond donors (Lipinski definition) is 0. The first kappa shape index (κ1) is 20.9. The summed E-state index contributed by atoms with van der Waals surface area (Å²) in [6.45, 7) is 6.66. The zero-order valence-electron chi connectivity index (χ0n) is 19.2. The Bertz CT molecular complexity index is 1180. The van der Waals surface area contributed by atoms with Crippen molar-refractivity contribution in [3.63, 3.8) is 0 Å². The maximum Gasteiger partial charge on any atom is 0.162 e. The molecule has 0 aliphatic carbocycles. The van der Waals surface area contributed by atoms with Crippen LogP contribution in [0.2, 0.25) is 0 Å². The van der Waals surface area contributed by atoms with Gasteiger partial charge in [0.15, 0.2) is 23.0 Å². The predicted octanol–water partition coefficient (Wildman–Crippen LogP) is 6.12. The van der Waals surface area contributed by atoms with Gasteiger partial charge in [0.25, 0.3) is 0 Å². The van der Waals surface area contributed by atoms with Crippen LogP contribution in [0, 0.1) is 0 Å². The van der Waals surface area contributed by atoms with Crippen LogP contribution in [0.5, 0.6) is 23.0 Å². The SMILES string of the molecule is COc1cc2c3cc(OC)c(OC)cc3n(-c3ccc(C(C)(C)C)cc3)c2cc1OC. The van der Waals surface area contributed by atoms with Gasteiger partial charge >= 0.3 is 0 Å². The Morgan fingerprint density at radius 2 is 0.968 bits per heavy atom. The number of ether oxygens (including phenoxy) is 4. The third kappa shape index (κ3) is 3.44. The molecule has 0 atom stereocenters. The normalized spacial score (nSPS) is 11.7. The molecule has 0 amide bonds. The van der Waals surface area contributed by atoms with E-state index in [2.05, 4.69) is 49.6 Å². The quantitative estimate of drug-likeness (QED) is 0.391. The Kier molecular flexibility index (Phi) is 5.21. The predicted molar refractivity (Wildman–Crippen MR) is 126 cm³/mol. The Hall–Kier alpha value is -3.34. The molecule has 0 aliphatic rings. The van der Waals surface area contributed by atoms with Crippen molar-refractivity contribution >= 4 is 21.8 Å². The van der Waals surface area contributed by atoms with Crippen LogP contribution in [0.25, 0.3) is 27.5 Å². The van der Waals surface area contributed by atoms with Gasteiger partial charge < -0.3 is 23.5 Å². The molecule has 4 aromatic rings. The molecule has 4 rings (SSSR count). The highest BCUT2D eigenvalue weighted by Crippen LogP contribution is 2.43. The summed E-state index contributed by atoms with van der Waals surface area (Å²) < 4.78 is 24.6. The van der Waals surface area contributed by atoms with E-state index < -0.39 is 0 Å². The first-order valence-corrected chi connectivity index (χ1v) is 10.3. The summed E-state index contributed by atoms with van der Waals surface area (Å²) in [6, 6.07) is 16.8. The first-order valence-electron chi connectivity index (χ1n) is 10.3. The second kappa shape index (κ2) is 7.73. The second-order valence-electron chi connectivity index (χ2n) is 8.58. The first-order chi connectivity index (χ1) is 14.8. The maximum atomic E-state index is 5.60. The van der Waals surface area contributed by atoms with E-state index in [9.17, 15) is 0 Å². The average molecular weight is 420 g/mol. The third-order valence-electron chi connectivity index (χ3n) is 5.77. The molecule has 3 aromatic carbocycles. The van der Waals surface area contributed by atoms with E-state index in [0.29, 0.717) is 23.0 Å². The lowest BCUT2D eigenvalue weighted by atomic mass is 9.87. The molecule has 5 nitrogen and oxygen atoms in total. The van der Waals surface area contributed by atoms with Crippen LogP contribution in [-0.4, -0.2) is 33.0 Å². The van der Waals surface area contributed by atoms with Crippen molar-refractivity contribution < 1.29 is 18.9 Å². The van der Waals surface area contributed by atoms with E-state index in [4.69, 9.17) is 18.9 Å². The van der Waals surface area contributed by atoms with Crippen LogP contribution in [-0.2, 0) is 5.41 Å². The van der Waals surface area contributed by atoms with Gasteiger partial charge in [-0.25, -0.2) is 0 Å². The van der Waals surface area contributed by atoms with Gasteiger partial charge in [-0.3, -0.25) is 0 Å². The number of methoxy groups -OCH3 is 4. The lowest BCUT2D eigenvalue weighted by Crippen LogP contribution is -2.10. The molecule has 0 bridgehead atoms. The van der Waals surface area contributed by atoms with Crippen LogP contribution in [0.15, 0.2) is 48.5 Å². The summed E-state index contributed by atoms with van der Waals surface area (Å²) in [5, 5.41) is 2.10. The zero-order valence-corrected chi connectivity index (χ0v) is 19.2. The summed E-state index contributed by atoms with van der Waals surface area (Å²) in [5.41, 5.74) is 4.48. The van der Waals surface area contributed by atoms with Crippen molar-refractivity contribution in [1.82, 2.24) is 4.57 Å². The minimum absolute atomic E-state index is 0.0898. The van der Waals surface area contributed by atoms with Gasteiger partial charge in [0, 0.05) is 28.6 Å². The highest BCUT2D eigenvalue weighted by atomic mass is 16.5. The molecule has 1 aromatic heterocycles. The summed E-state index contributed by atoms with van der Waals surface area (Å²) >= 11 is 0. The fourth-order valence-electron chi connectivity index (χ4n) is 4.06. The molecule has 162 valence electrons. The molecular formula is C26H29NO4. The van der Waals surface area contributed by atoms with Gasteiger partial charge in [-0.2, -0.15) is 0 Å². The number of fused-ring (bicyclic) bond motifs is 3. The van der Waals surface area contributed by atoms with Gasteiger partial charge in [0.05, 0.1) is 39.5 Å². The number of aromatic nitrogens is 1. The lowest BCUT2D eigenvalue weighted by Gasteiger charge is -2.19. The Balaban J connectivity index is 2.10. The maximum absolute atomic E-state index is 5.60. The largest absolute Gasteiger partial charge is 0.493 e. The molecular weight excluding hydrogens is 390 g/mol. The molecule has 0 saturated carbocycles. The number of hydrogen-bond acceptors (Lipinski definition) is 4. The molecule has 0 saturated heterocycles. The Morgan fingerprint density at radius 3 is 1.32 bits per heavy atom. The van der Waals surface area contributed by atoms with Crippen molar-refractivity contribution in [2.75, 3.05) is 28.4 Å². The van der Waals surface area contributed by atoms with Crippen LogP contribution >= 0.6 is 0 Å². The van der Waals surface area contributed by atoms with E-state index in [1.165, 1.54) is 5.56 Å². The van der Waals surface area contributed by atoms with Crippen molar-refractivity contribution in [2.24, 2.45) is 0 Å². The van der Waals surface area contributed by atoms with Crippen LogP contribution in [0.3, 0.4) is 0 Å². The minimum atomic E-state index is 0.0898.